The molecule has 1 saturated heterocycles. The summed E-state index contributed by atoms with van der Waals surface area (Å²) in [5.74, 6) is -2.35. The van der Waals surface area contributed by atoms with Crippen molar-refractivity contribution in [1.29, 1.82) is 0 Å². The number of halogens is 1. The number of aromatic carboxylic acids is 1. The number of aryl methyl sites for hydroxylation is 1. The van der Waals surface area contributed by atoms with Crippen molar-refractivity contribution < 1.29 is 33.8 Å². The van der Waals surface area contributed by atoms with Gasteiger partial charge in [0.05, 0.1) is 11.3 Å². The van der Waals surface area contributed by atoms with Crippen LogP contribution in [-0.4, -0.2) is 87.8 Å². The molecule has 0 aromatic heterocycles. The fraction of sp³-hybridized carbons (Fsp3) is 0.471. The molecule has 2 atom stereocenters. The molecule has 3 N–H and O–H groups in total. The molecule has 4 amide bonds. The number of nitrogens with zero attached hydrogens (tertiary/aromatic N) is 3. The molecule has 2 aromatic rings. The van der Waals surface area contributed by atoms with Crippen LogP contribution in [0.1, 0.15) is 68.9 Å². The van der Waals surface area contributed by atoms with Crippen LogP contribution in [0.3, 0.4) is 0 Å². The average Bonchev–Trinajstić information content (AvgIpc) is 3.22. The van der Waals surface area contributed by atoms with E-state index in [2.05, 4.69) is 15.7 Å². The predicted octanol–water partition coefficient (Wildman–Crippen LogP) is 4.05. The number of hydrogen-bond acceptors (Lipinski definition) is 7. The summed E-state index contributed by atoms with van der Waals surface area (Å²) >= 11 is 6.40. The molecule has 252 valence electrons. The summed E-state index contributed by atoms with van der Waals surface area (Å²) in [6, 6.07) is 12.8. The first-order valence-electron chi connectivity index (χ1n) is 15.4. The molecule has 1 fully saturated rings. The zero-order valence-corrected chi connectivity index (χ0v) is 28.3. The van der Waals surface area contributed by atoms with Gasteiger partial charge in [0.1, 0.15) is 22.6 Å². The van der Waals surface area contributed by atoms with Crippen LogP contribution in [0, 0.1) is 5.41 Å². The molecule has 2 aliphatic heterocycles. The molecule has 0 saturated carbocycles. The second kappa shape index (κ2) is 13.7. The number of nitrogens with one attached hydrogen (secondary N) is 2. The molecule has 0 spiro atoms. The fourth-order valence-corrected chi connectivity index (χ4v) is 6.11. The van der Waals surface area contributed by atoms with Gasteiger partial charge in [0.25, 0.3) is 5.91 Å². The van der Waals surface area contributed by atoms with E-state index < -0.39 is 46.5 Å². The smallest absolute Gasteiger partial charge is 0.408 e. The Morgan fingerprint density at radius 2 is 1.77 bits per heavy atom. The van der Waals surface area contributed by atoms with Crippen molar-refractivity contribution in [1.82, 2.24) is 20.5 Å². The highest BCUT2D eigenvalue weighted by Gasteiger charge is 2.54. The number of fused-ring (bicyclic) bond motifs is 1. The Kier molecular flexibility index (Phi) is 10.3. The lowest BCUT2D eigenvalue weighted by Gasteiger charge is -2.41. The van der Waals surface area contributed by atoms with Crippen LogP contribution in [0.5, 0.6) is 0 Å². The van der Waals surface area contributed by atoms with E-state index in [-0.39, 0.29) is 42.4 Å². The number of likely N-dealkylation sites (tertiary alicyclic amines) is 1. The SMILES string of the molecule is CN1N=C2CCN(C(=O)C(CCc3ccc(C(=O)O)cc3Cl)NC(=O)C(C)(C)NC(=O)OC(C)(C)C)C[C@@]2(Cc2ccccc2)C1=O. The lowest BCUT2D eigenvalue weighted by Crippen LogP contribution is -2.62. The molecule has 0 bridgehead atoms. The fourth-order valence-electron chi connectivity index (χ4n) is 5.83. The van der Waals surface area contributed by atoms with Gasteiger partial charge in [-0.2, -0.15) is 5.10 Å². The Labute approximate surface area is 279 Å². The van der Waals surface area contributed by atoms with Crippen LogP contribution in [0.4, 0.5) is 4.79 Å². The van der Waals surface area contributed by atoms with Crippen molar-refractivity contribution in [3.05, 3.63) is 70.2 Å². The predicted molar refractivity (Wildman–Crippen MR) is 176 cm³/mol. The Morgan fingerprint density at radius 3 is 2.38 bits per heavy atom. The van der Waals surface area contributed by atoms with Gasteiger partial charge in [-0.05, 0) is 77.1 Å². The number of hydrazone groups is 1. The topological polar surface area (TPSA) is 158 Å². The summed E-state index contributed by atoms with van der Waals surface area (Å²) in [7, 11) is 1.61. The summed E-state index contributed by atoms with van der Waals surface area (Å²) in [4.78, 5) is 67.1. The first kappa shape index (κ1) is 35.4. The number of carbonyl (C=O) groups is 5. The van der Waals surface area contributed by atoms with Gasteiger partial charge in [0.15, 0.2) is 0 Å². The quantitative estimate of drug-likeness (QED) is 0.345. The van der Waals surface area contributed by atoms with Gasteiger partial charge in [-0.25, -0.2) is 14.6 Å². The maximum Gasteiger partial charge on any atom is 0.408 e. The number of hydrogen-bond donors (Lipinski definition) is 3. The number of carboxylic acid groups (broad SMARTS) is 1. The van der Waals surface area contributed by atoms with Crippen LogP contribution in [0.2, 0.25) is 5.02 Å². The molecule has 1 unspecified atom stereocenters. The Morgan fingerprint density at radius 1 is 1.09 bits per heavy atom. The highest BCUT2D eigenvalue weighted by molar-refractivity contribution is 6.31. The molecule has 0 radical (unpaired) electrons. The van der Waals surface area contributed by atoms with Crippen LogP contribution >= 0.6 is 11.6 Å². The van der Waals surface area contributed by atoms with Crippen LogP contribution in [-0.2, 0) is 32.0 Å². The first-order chi connectivity index (χ1) is 21.9. The standard InChI is InChI=1S/C34H42ClN5O7/c1-32(2,3)47-31(46)37-33(4,5)29(44)36-25(15-14-22-12-13-23(28(42)43)18-24(22)35)27(41)40-17-16-26-34(20-40,30(45)39(6)38-26)19-21-10-8-7-9-11-21/h7-13,18,25H,14-17,19-20H2,1-6H3,(H,36,44)(H,37,46)(H,42,43)/t25?,34-/m1/s1. The van der Waals surface area contributed by atoms with E-state index in [0.717, 1.165) is 5.56 Å². The number of amides is 4. The number of piperidine rings is 1. The van der Waals surface area contributed by atoms with E-state index in [9.17, 15) is 29.1 Å². The average molecular weight is 668 g/mol. The molecule has 2 aromatic carbocycles. The molecular formula is C34H42ClN5O7. The molecule has 47 heavy (non-hydrogen) atoms. The number of carboxylic acids is 1. The maximum absolute atomic E-state index is 14.3. The minimum atomic E-state index is -1.46. The lowest BCUT2D eigenvalue weighted by atomic mass is 9.73. The van der Waals surface area contributed by atoms with Crippen molar-refractivity contribution in [2.75, 3.05) is 20.1 Å². The monoisotopic (exact) mass is 667 g/mol. The maximum atomic E-state index is 14.3. The third kappa shape index (κ3) is 8.29. The molecule has 13 heteroatoms. The summed E-state index contributed by atoms with van der Waals surface area (Å²) < 4.78 is 5.33. The molecule has 2 heterocycles. The van der Waals surface area contributed by atoms with E-state index in [1.807, 2.05) is 30.3 Å². The van der Waals surface area contributed by atoms with Gasteiger partial charge in [0.2, 0.25) is 11.8 Å². The van der Waals surface area contributed by atoms with Gasteiger partial charge in [-0.1, -0.05) is 48.0 Å². The minimum Gasteiger partial charge on any atom is -0.478 e. The normalized spacial score (nSPS) is 18.6. The third-order valence-electron chi connectivity index (χ3n) is 8.25. The van der Waals surface area contributed by atoms with Crippen LogP contribution < -0.4 is 10.6 Å². The molecular weight excluding hydrogens is 626 g/mol. The Balaban J connectivity index is 1.60. The lowest BCUT2D eigenvalue weighted by molar-refractivity contribution is -0.142. The van der Waals surface area contributed by atoms with Gasteiger partial charge >= 0.3 is 12.1 Å². The summed E-state index contributed by atoms with van der Waals surface area (Å²) in [6.07, 6.45) is 0.280. The van der Waals surface area contributed by atoms with Crippen molar-refractivity contribution >= 4 is 47.1 Å². The number of rotatable bonds is 10. The summed E-state index contributed by atoms with van der Waals surface area (Å²) in [6.45, 7) is 8.47. The molecule has 12 nitrogen and oxygen atoms in total. The largest absolute Gasteiger partial charge is 0.478 e. The number of ether oxygens (including phenoxy) is 1. The minimum absolute atomic E-state index is 0.0235. The van der Waals surface area contributed by atoms with E-state index in [1.54, 1.807) is 38.8 Å². The van der Waals surface area contributed by atoms with Crippen LogP contribution in [0.25, 0.3) is 0 Å². The van der Waals surface area contributed by atoms with E-state index in [1.165, 1.54) is 31.0 Å². The van der Waals surface area contributed by atoms with Crippen LogP contribution in [0.15, 0.2) is 53.6 Å². The number of benzene rings is 2. The molecule has 2 aliphatic rings. The molecule has 4 rings (SSSR count). The summed E-state index contributed by atoms with van der Waals surface area (Å²) in [5.41, 5.74) is -1.04. The van der Waals surface area contributed by atoms with Crippen molar-refractivity contribution in [2.45, 2.75) is 77.5 Å². The Hall–Kier alpha value is -4.45. The van der Waals surface area contributed by atoms with E-state index >= 15 is 0 Å². The van der Waals surface area contributed by atoms with Crippen molar-refractivity contribution in [3.8, 4) is 0 Å². The van der Waals surface area contributed by atoms with Gasteiger partial charge < -0.3 is 25.4 Å². The van der Waals surface area contributed by atoms with E-state index in [0.29, 0.717) is 24.1 Å². The number of alkyl carbamates (subject to hydrolysis) is 1. The zero-order valence-electron chi connectivity index (χ0n) is 27.6. The second-order valence-corrected chi connectivity index (χ2v) is 14.0. The van der Waals surface area contributed by atoms with E-state index in [4.69, 9.17) is 16.3 Å². The number of carbonyl (C=O) groups excluding carboxylic acids is 4. The Bertz CT molecular complexity index is 1590. The van der Waals surface area contributed by atoms with Gasteiger partial charge in [-0.15, -0.1) is 0 Å². The van der Waals surface area contributed by atoms with Crippen molar-refractivity contribution in [2.24, 2.45) is 10.5 Å². The van der Waals surface area contributed by atoms with Gasteiger partial charge in [-0.3, -0.25) is 14.4 Å². The second-order valence-electron chi connectivity index (χ2n) is 13.6. The van der Waals surface area contributed by atoms with Gasteiger partial charge in [0, 0.05) is 31.6 Å². The zero-order chi connectivity index (χ0) is 34.7. The van der Waals surface area contributed by atoms with Crippen molar-refractivity contribution in [3.63, 3.8) is 0 Å². The highest BCUT2D eigenvalue weighted by atomic mass is 35.5. The molecule has 0 aliphatic carbocycles. The first-order valence-corrected chi connectivity index (χ1v) is 15.8. The third-order valence-corrected chi connectivity index (χ3v) is 8.60. The summed E-state index contributed by atoms with van der Waals surface area (Å²) in [5, 5.41) is 20.8. The highest BCUT2D eigenvalue weighted by Crippen LogP contribution is 2.38.